The Kier molecular flexibility index (Phi) is 6.78. The van der Waals surface area contributed by atoms with E-state index in [9.17, 15) is 8.78 Å². The first-order chi connectivity index (χ1) is 9.89. The van der Waals surface area contributed by atoms with Crippen LogP contribution in [0.15, 0.2) is 0 Å². The van der Waals surface area contributed by atoms with Crippen molar-refractivity contribution < 1.29 is 13.5 Å². The van der Waals surface area contributed by atoms with E-state index in [1.54, 1.807) is 20.8 Å². The van der Waals surface area contributed by atoms with Gasteiger partial charge in [-0.3, -0.25) is 4.90 Å². The number of halogens is 2. The lowest BCUT2D eigenvalue weighted by atomic mass is 10.0. The SMILES string of the molecule is CC(C)(C)OCC(F)(F)CCCN1CCN(C(C)(C)C)CC1. The van der Waals surface area contributed by atoms with Gasteiger partial charge in [0.25, 0.3) is 5.92 Å². The summed E-state index contributed by atoms with van der Waals surface area (Å²) in [6.07, 6.45) is 0.429. The molecule has 0 aromatic heterocycles. The Balaban J connectivity index is 2.22. The summed E-state index contributed by atoms with van der Waals surface area (Å²) in [6.45, 7) is 16.3. The summed E-state index contributed by atoms with van der Waals surface area (Å²) < 4.78 is 32.8. The highest BCUT2D eigenvalue weighted by atomic mass is 19.3. The minimum absolute atomic E-state index is 0.0947. The lowest BCUT2D eigenvalue weighted by molar-refractivity contribution is -0.126. The summed E-state index contributed by atoms with van der Waals surface area (Å²) in [4.78, 5) is 4.75. The molecule has 5 heteroatoms. The Morgan fingerprint density at radius 1 is 0.909 bits per heavy atom. The van der Waals surface area contributed by atoms with Gasteiger partial charge >= 0.3 is 0 Å². The first kappa shape index (κ1) is 19.8. The van der Waals surface area contributed by atoms with Crippen LogP contribution in [0.2, 0.25) is 0 Å². The molecule has 3 nitrogen and oxygen atoms in total. The van der Waals surface area contributed by atoms with Gasteiger partial charge < -0.3 is 9.64 Å². The average molecular weight is 320 g/mol. The molecular weight excluding hydrogens is 286 g/mol. The van der Waals surface area contributed by atoms with Gasteiger partial charge in [0.1, 0.15) is 6.61 Å². The molecule has 132 valence electrons. The highest BCUT2D eigenvalue weighted by molar-refractivity contribution is 4.82. The molecule has 0 N–H and O–H groups in total. The van der Waals surface area contributed by atoms with Crippen molar-refractivity contribution in [1.29, 1.82) is 0 Å². The molecule has 1 heterocycles. The predicted molar refractivity (Wildman–Crippen MR) is 87.7 cm³/mol. The highest BCUT2D eigenvalue weighted by Gasteiger charge is 2.31. The third-order valence-electron chi connectivity index (χ3n) is 4.05. The van der Waals surface area contributed by atoms with Crippen molar-refractivity contribution in [3.8, 4) is 0 Å². The van der Waals surface area contributed by atoms with E-state index in [1.807, 2.05) is 0 Å². The quantitative estimate of drug-likeness (QED) is 0.743. The van der Waals surface area contributed by atoms with Crippen molar-refractivity contribution in [2.45, 2.75) is 71.4 Å². The van der Waals surface area contributed by atoms with Gasteiger partial charge in [0, 0.05) is 38.1 Å². The minimum Gasteiger partial charge on any atom is -0.370 e. The zero-order valence-corrected chi connectivity index (χ0v) is 15.2. The van der Waals surface area contributed by atoms with Gasteiger partial charge in [-0.05, 0) is 54.5 Å². The monoisotopic (exact) mass is 320 g/mol. The van der Waals surface area contributed by atoms with E-state index in [2.05, 4.69) is 30.6 Å². The zero-order valence-electron chi connectivity index (χ0n) is 15.2. The molecule has 1 aliphatic heterocycles. The fourth-order valence-electron chi connectivity index (χ4n) is 2.60. The molecule has 0 aromatic rings. The van der Waals surface area contributed by atoms with E-state index >= 15 is 0 Å². The van der Waals surface area contributed by atoms with Crippen molar-refractivity contribution in [3.63, 3.8) is 0 Å². The fraction of sp³-hybridized carbons (Fsp3) is 1.00. The van der Waals surface area contributed by atoms with E-state index in [1.165, 1.54) is 0 Å². The van der Waals surface area contributed by atoms with E-state index in [0.29, 0.717) is 6.42 Å². The molecule has 0 amide bonds. The lowest BCUT2D eigenvalue weighted by Crippen LogP contribution is -2.53. The van der Waals surface area contributed by atoms with Crippen LogP contribution < -0.4 is 0 Å². The molecule has 0 bridgehead atoms. The number of ether oxygens (including phenoxy) is 1. The third kappa shape index (κ3) is 7.84. The fourth-order valence-corrected chi connectivity index (χ4v) is 2.60. The summed E-state index contributed by atoms with van der Waals surface area (Å²) in [7, 11) is 0. The number of nitrogens with zero attached hydrogens (tertiary/aromatic N) is 2. The van der Waals surface area contributed by atoms with E-state index < -0.39 is 18.1 Å². The summed E-state index contributed by atoms with van der Waals surface area (Å²) in [5.41, 5.74) is -0.309. The Hall–Kier alpha value is -0.260. The van der Waals surface area contributed by atoms with Crippen molar-refractivity contribution in [3.05, 3.63) is 0 Å². The van der Waals surface area contributed by atoms with Crippen molar-refractivity contribution in [1.82, 2.24) is 9.80 Å². The Labute approximate surface area is 135 Å². The van der Waals surface area contributed by atoms with E-state index in [-0.39, 0.29) is 12.0 Å². The second-order valence-corrected chi connectivity index (χ2v) is 8.36. The molecule has 0 unspecified atom stereocenters. The van der Waals surface area contributed by atoms with Crippen LogP contribution in [0.4, 0.5) is 8.78 Å². The van der Waals surface area contributed by atoms with Crippen LogP contribution in [0.5, 0.6) is 0 Å². The molecule has 1 rings (SSSR count). The maximum absolute atomic E-state index is 13.8. The molecule has 1 aliphatic rings. The van der Waals surface area contributed by atoms with Gasteiger partial charge in [0.2, 0.25) is 0 Å². The molecule has 22 heavy (non-hydrogen) atoms. The summed E-state index contributed by atoms with van der Waals surface area (Å²) in [6, 6.07) is 0. The van der Waals surface area contributed by atoms with Gasteiger partial charge in [0.05, 0.1) is 5.60 Å². The van der Waals surface area contributed by atoms with E-state index in [4.69, 9.17) is 4.74 Å². The molecular formula is C17H34F2N2O. The number of rotatable bonds is 6. The maximum Gasteiger partial charge on any atom is 0.271 e. The molecule has 1 saturated heterocycles. The average Bonchev–Trinajstić information content (AvgIpc) is 2.35. The Morgan fingerprint density at radius 3 is 1.91 bits per heavy atom. The predicted octanol–water partition coefficient (Wildman–Crippen LogP) is 3.63. The van der Waals surface area contributed by atoms with Gasteiger partial charge in [-0.2, -0.15) is 0 Å². The first-order valence-electron chi connectivity index (χ1n) is 8.38. The molecule has 0 saturated carbocycles. The molecule has 0 atom stereocenters. The Morgan fingerprint density at radius 2 is 1.45 bits per heavy atom. The van der Waals surface area contributed by atoms with Crippen molar-refractivity contribution in [2.24, 2.45) is 0 Å². The molecule has 1 fully saturated rings. The lowest BCUT2D eigenvalue weighted by Gasteiger charge is -2.42. The van der Waals surface area contributed by atoms with Crippen LogP contribution in [0.3, 0.4) is 0 Å². The maximum atomic E-state index is 13.8. The third-order valence-corrected chi connectivity index (χ3v) is 4.05. The van der Waals surface area contributed by atoms with Crippen LogP contribution in [-0.2, 0) is 4.74 Å². The van der Waals surface area contributed by atoms with E-state index in [0.717, 1.165) is 32.7 Å². The highest BCUT2D eigenvalue weighted by Crippen LogP contribution is 2.24. The normalized spacial score (nSPS) is 19.6. The van der Waals surface area contributed by atoms with Crippen LogP contribution >= 0.6 is 0 Å². The van der Waals surface area contributed by atoms with Crippen molar-refractivity contribution >= 4 is 0 Å². The first-order valence-corrected chi connectivity index (χ1v) is 8.38. The molecule has 0 radical (unpaired) electrons. The number of alkyl halides is 2. The van der Waals surface area contributed by atoms with Crippen LogP contribution in [0, 0.1) is 0 Å². The largest absolute Gasteiger partial charge is 0.370 e. The molecule has 0 aliphatic carbocycles. The minimum atomic E-state index is -2.72. The number of piperazine rings is 1. The zero-order chi connectivity index (χ0) is 17.0. The van der Waals surface area contributed by atoms with Crippen LogP contribution in [-0.4, -0.2) is 66.2 Å². The van der Waals surface area contributed by atoms with Crippen LogP contribution in [0.25, 0.3) is 0 Å². The standard InChI is InChI=1S/C17H34F2N2O/c1-15(2,3)21-12-10-20(11-13-21)9-7-8-17(18,19)14-22-16(4,5)6/h7-14H2,1-6H3. The summed E-state index contributed by atoms with van der Waals surface area (Å²) in [5, 5.41) is 0. The smallest absolute Gasteiger partial charge is 0.271 e. The van der Waals surface area contributed by atoms with Crippen LogP contribution in [0.1, 0.15) is 54.4 Å². The molecule has 0 spiro atoms. The topological polar surface area (TPSA) is 15.7 Å². The summed E-state index contributed by atoms with van der Waals surface area (Å²) in [5.74, 6) is -2.72. The second kappa shape index (κ2) is 7.54. The van der Waals surface area contributed by atoms with Gasteiger partial charge in [-0.25, -0.2) is 8.78 Å². The Bertz CT molecular complexity index is 327. The van der Waals surface area contributed by atoms with Gasteiger partial charge in [-0.15, -0.1) is 0 Å². The number of hydrogen-bond acceptors (Lipinski definition) is 3. The van der Waals surface area contributed by atoms with Gasteiger partial charge in [0.15, 0.2) is 0 Å². The number of hydrogen-bond donors (Lipinski definition) is 0. The summed E-state index contributed by atoms with van der Waals surface area (Å²) >= 11 is 0. The molecule has 0 aromatic carbocycles. The second-order valence-electron chi connectivity index (χ2n) is 8.36. The van der Waals surface area contributed by atoms with Crippen molar-refractivity contribution in [2.75, 3.05) is 39.3 Å². The van der Waals surface area contributed by atoms with Gasteiger partial charge in [-0.1, -0.05) is 0 Å².